The van der Waals surface area contributed by atoms with Gasteiger partial charge in [0.25, 0.3) is 0 Å². The highest BCUT2D eigenvalue weighted by Gasteiger charge is 1.96. The summed E-state index contributed by atoms with van der Waals surface area (Å²) in [5, 5.41) is -0.0846. The second-order valence-corrected chi connectivity index (χ2v) is 3.18. The van der Waals surface area contributed by atoms with Gasteiger partial charge in [-0.15, -0.1) is 0 Å². The monoisotopic (exact) mass is 168 g/mol. The van der Waals surface area contributed by atoms with E-state index in [1.54, 1.807) is 0 Å². The average Bonchev–Trinajstić information content (AvgIpc) is 1.93. The standard InChI is InChI=1S/C8H12N2S/c9-7-3-1-6(2-4-7)5-8(10)11/h1-4,8,11H,5,9-10H2. The lowest BCUT2D eigenvalue weighted by Crippen LogP contribution is -2.14. The van der Waals surface area contributed by atoms with Crippen molar-refractivity contribution >= 4 is 18.3 Å². The summed E-state index contributed by atoms with van der Waals surface area (Å²) in [6.45, 7) is 0. The fourth-order valence-corrected chi connectivity index (χ4v) is 1.11. The minimum absolute atomic E-state index is 0.0846. The first-order chi connectivity index (χ1) is 5.18. The molecule has 0 saturated heterocycles. The van der Waals surface area contributed by atoms with Crippen molar-refractivity contribution in [1.29, 1.82) is 0 Å². The van der Waals surface area contributed by atoms with Gasteiger partial charge in [0.15, 0.2) is 0 Å². The molecule has 0 amide bonds. The Kier molecular flexibility index (Phi) is 2.79. The number of benzene rings is 1. The Balaban J connectivity index is 2.66. The number of nitrogen functional groups attached to an aromatic ring is 1. The van der Waals surface area contributed by atoms with E-state index in [9.17, 15) is 0 Å². The van der Waals surface area contributed by atoms with E-state index in [2.05, 4.69) is 12.6 Å². The summed E-state index contributed by atoms with van der Waals surface area (Å²) < 4.78 is 0. The van der Waals surface area contributed by atoms with E-state index >= 15 is 0 Å². The van der Waals surface area contributed by atoms with Gasteiger partial charge in [0.05, 0.1) is 5.37 Å². The molecule has 0 radical (unpaired) electrons. The SMILES string of the molecule is Nc1ccc(CC(N)S)cc1. The van der Waals surface area contributed by atoms with Crippen LogP contribution in [0, 0.1) is 0 Å². The Bertz CT molecular complexity index is 218. The van der Waals surface area contributed by atoms with Crippen molar-refractivity contribution in [3.8, 4) is 0 Å². The van der Waals surface area contributed by atoms with Gasteiger partial charge in [-0.2, -0.15) is 12.6 Å². The normalized spacial score (nSPS) is 12.9. The van der Waals surface area contributed by atoms with Gasteiger partial charge in [-0.25, -0.2) is 0 Å². The predicted molar refractivity (Wildman–Crippen MR) is 51.5 cm³/mol. The van der Waals surface area contributed by atoms with E-state index in [1.807, 2.05) is 24.3 Å². The molecule has 1 rings (SSSR count). The molecule has 60 valence electrons. The number of nitrogens with two attached hydrogens (primary N) is 2. The van der Waals surface area contributed by atoms with Crippen LogP contribution < -0.4 is 11.5 Å². The molecule has 1 aromatic rings. The number of hydrogen-bond donors (Lipinski definition) is 3. The zero-order valence-corrected chi connectivity index (χ0v) is 7.09. The summed E-state index contributed by atoms with van der Waals surface area (Å²) in [6.07, 6.45) is 0.781. The molecular formula is C8H12N2S. The van der Waals surface area contributed by atoms with Gasteiger partial charge in [0.2, 0.25) is 0 Å². The molecule has 4 N–H and O–H groups in total. The molecule has 0 aliphatic carbocycles. The van der Waals surface area contributed by atoms with E-state index < -0.39 is 0 Å². The van der Waals surface area contributed by atoms with Crippen LogP contribution in [0.25, 0.3) is 0 Å². The zero-order chi connectivity index (χ0) is 8.27. The predicted octanol–water partition coefficient (Wildman–Crippen LogP) is 1.03. The van der Waals surface area contributed by atoms with Crippen molar-refractivity contribution in [2.75, 3.05) is 5.73 Å². The van der Waals surface area contributed by atoms with Crippen molar-refractivity contribution in [2.45, 2.75) is 11.8 Å². The first kappa shape index (κ1) is 8.43. The van der Waals surface area contributed by atoms with Crippen LogP contribution in [0.3, 0.4) is 0 Å². The van der Waals surface area contributed by atoms with Crippen LogP contribution in [0.4, 0.5) is 5.69 Å². The summed E-state index contributed by atoms with van der Waals surface area (Å²) in [4.78, 5) is 0. The first-order valence-corrected chi connectivity index (χ1v) is 3.98. The van der Waals surface area contributed by atoms with Crippen molar-refractivity contribution < 1.29 is 0 Å². The maximum Gasteiger partial charge on any atom is 0.0518 e. The molecule has 1 aromatic carbocycles. The lowest BCUT2D eigenvalue weighted by atomic mass is 10.1. The van der Waals surface area contributed by atoms with Crippen molar-refractivity contribution in [1.82, 2.24) is 0 Å². The van der Waals surface area contributed by atoms with Crippen LogP contribution in [0.15, 0.2) is 24.3 Å². The Labute approximate surface area is 72.0 Å². The van der Waals surface area contributed by atoms with Crippen LogP contribution in [0.5, 0.6) is 0 Å². The van der Waals surface area contributed by atoms with Crippen LogP contribution in [0.1, 0.15) is 5.56 Å². The van der Waals surface area contributed by atoms with Crippen LogP contribution >= 0.6 is 12.6 Å². The molecule has 0 aliphatic rings. The van der Waals surface area contributed by atoms with Gasteiger partial charge >= 0.3 is 0 Å². The molecule has 0 heterocycles. The summed E-state index contributed by atoms with van der Waals surface area (Å²) in [5.41, 5.74) is 12.9. The highest BCUT2D eigenvalue weighted by molar-refractivity contribution is 7.80. The summed E-state index contributed by atoms with van der Waals surface area (Å²) in [6, 6.07) is 7.66. The van der Waals surface area contributed by atoms with Crippen LogP contribution in [-0.4, -0.2) is 5.37 Å². The van der Waals surface area contributed by atoms with Crippen molar-refractivity contribution in [3.05, 3.63) is 29.8 Å². The van der Waals surface area contributed by atoms with Crippen LogP contribution in [-0.2, 0) is 6.42 Å². The Morgan fingerprint density at radius 2 is 1.82 bits per heavy atom. The van der Waals surface area contributed by atoms with Gasteiger partial charge < -0.3 is 11.5 Å². The number of anilines is 1. The lowest BCUT2D eigenvalue weighted by Gasteiger charge is -2.03. The highest BCUT2D eigenvalue weighted by atomic mass is 32.1. The van der Waals surface area contributed by atoms with Gasteiger partial charge in [0, 0.05) is 5.69 Å². The fraction of sp³-hybridized carbons (Fsp3) is 0.250. The fourth-order valence-electron chi connectivity index (χ4n) is 0.895. The van der Waals surface area contributed by atoms with E-state index in [0.29, 0.717) is 0 Å². The smallest absolute Gasteiger partial charge is 0.0518 e. The van der Waals surface area contributed by atoms with Gasteiger partial charge in [0.1, 0.15) is 0 Å². The molecular weight excluding hydrogens is 156 g/mol. The molecule has 0 bridgehead atoms. The third kappa shape index (κ3) is 2.82. The summed E-state index contributed by atoms with van der Waals surface area (Å²) in [5.74, 6) is 0. The molecule has 0 spiro atoms. The molecule has 1 unspecified atom stereocenters. The van der Waals surface area contributed by atoms with Crippen molar-refractivity contribution in [3.63, 3.8) is 0 Å². The molecule has 0 aromatic heterocycles. The Morgan fingerprint density at radius 3 is 2.27 bits per heavy atom. The first-order valence-electron chi connectivity index (χ1n) is 3.46. The topological polar surface area (TPSA) is 52.0 Å². The largest absolute Gasteiger partial charge is 0.399 e. The van der Waals surface area contributed by atoms with Gasteiger partial charge in [-0.1, -0.05) is 12.1 Å². The number of rotatable bonds is 2. The number of hydrogen-bond acceptors (Lipinski definition) is 3. The molecule has 3 heteroatoms. The highest BCUT2D eigenvalue weighted by Crippen LogP contribution is 2.07. The van der Waals surface area contributed by atoms with Gasteiger partial charge in [-0.05, 0) is 24.1 Å². The zero-order valence-electron chi connectivity index (χ0n) is 6.20. The number of thiol groups is 1. The third-order valence-corrected chi connectivity index (χ3v) is 1.61. The minimum atomic E-state index is -0.0846. The van der Waals surface area contributed by atoms with E-state index in [0.717, 1.165) is 12.1 Å². The molecule has 11 heavy (non-hydrogen) atoms. The van der Waals surface area contributed by atoms with Crippen LogP contribution in [0.2, 0.25) is 0 Å². The minimum Gasteiger partial charge on any atom is -0.399 e. The molecule has 0 aliphatic heterocycles. The maximum absolute atomic E-state index is 5.51. The summed E-state index contributed by atoms with van der Waals surface area (Å²) in [7, 11) is 0. The molecule has 0 saturated carbocycles. The lowest BCUT2D eigenvalue weighted by molar-refractivity contribution is 0.909. The van der Waals surface area contributed by atoms with E-state index in [-0.39, 0.29) is 5.37 Å². The Morgan fingerprint density at radius 1 is 1.27 bits per heavy atom. The molecule has 2 nitrogen and oxygen atoms in total. The Hall–Kier alpha value is -0.670. The van der Waals surface area contributed by atoms with Crippen molar-refractivity contribution in [2.24, 2.45) is 5.73 Å². The van der Waals surface area contributed by atoms with Gasteiger partial charge in [-0.3, -0.25) is 0 Å². The molecule has 0 fully saturated rings. The summed E-state index contributed by atoms with van der Waals surface area (Å²) >= 11 is 4.08. The quantitative estimate of drug-likeness (QED) is 0.351. The third-order valence-electron chi connectivity index (χ3n) is 1.42. The van der Waals surface area contributed by atoms with E-state index in [4.69, 9.17) is 11.5 Å². The maximum atomic E-state index is 5.51. The van der Waals surface area contributed by atoms with E-state index in [1.165, 1.54) is 5.56 Å². The second kappa shape index (κ2) is 3.64. The molecule has 1 atom stereocenters. The second-order valence-electron chi connectivity index (χ2n) is 2.51. The average molecular weight is 168 g/mol.